The van der Waals surface area contributed by atoms with Gasteiger partial charge in [-0.05, 0) is 24.3 Å². The van der Waals surface area contributed by atoms with Crippen molar-refractivity contribution in [2.24, 2.45) is 11.8 Å². The SMILES string of the molecule is CCC(C)CC(C)/C=C\C1OC2=C(C(=O)OC2(C)O)C(O)C1O. The van der Waals surface area contributed by atoms with Crippen LogP contribution in [0, 0.1) is 11.8 Å². The van der Waals surface area contributed by atoms with Crippen molar-refractivity contribution < 1.29 is 29.6 Å². The maximum absolute atomic E-state index is 11.7. The van der Waals surface area contributed by atoms with E-state index in [-0.39, 0.29) is 17.3 Å². The van der Waals surface area contributed by atoms with E-state index in [1.54, 1.807) is 6.08 Å². The van der Waals surface area contributed by atoms with Gasteiger partial charge in [0.1, 0.15) is 23.9 Å². The summed E-state index contributed by atoms with van der Waals surface area (Å²) in [7, 11) is 0. The normalized spacial score (nSPS) is 36.7. The molecular formula is C17H26O6. The Morgan fingerprint density at radius 1 is 1.35 bits per heavy atom. The van der Waals surface area contributed by atoms with E-state index in [2.05, 4.69) is 20.8 Å². The number of hydrogen-bond donors (Lipinski definition) is 3. The number of carbonyl (C=O) groups excluding carboxylic acids is 1. The van der Waals surface area contributed by atoms with Crippen LogP contribution in [0.2, 0.25) is 0 Å². The van der Waals surface area contributed by atoms with Crippen LogP contribution >= 0.6 is 0 Å². The largest absolute Gasteiger partial charge is 0.480 e. The Morgan fingerprint density at radius 2 is 2.00 bits per heavy atom. The highest BCUT2D eigenvalue weighted by molar-refractivity contribution is 5.93. The lowest BCUT2D eigenvalue weighted by molar-refractivity contribution is -0.187. The summed E-state index contributed by atoms with van der Waals surface area (Å²) in [5.74, 6) is -2.03. The van der Waals surface area contributed by atoms with Crippen molar-refractivity contribution >= 4 is 5.97 Å². The fourth-order valence-corrected chi connectivity index (χ4v) is 2.94. The van der Waals surface area contributed by atoms with E-state index in [9.17, 15) is 20.1 Å². The first-order valence-electron chi connectivity index (χ1n) is 8.08. The molecule has 0 saturated carbocycles. The highest BCUT2D eigenvalue weighted by Crippen LogP contribution is 2.39. The van der Waals surface area contributed by atoms with E-state index in [0.29, 0.717) is 5.92 Å². The number of cyclic esters (lactones) is 1. The van der Waals surface area contributed by atoms with Crippen molar-refractivity contribution in [3.8, 4) is 0 Å². The predicted molar refractivity (Wildman–Crippen MR) is 83.0 cm³/mol. The summed E-state index contributed by atoms with van der Waals surface area (Å²) in [5.41, 5.74) is -0.209. The topological polar surface area (TPSA) is 96.2 Å². The van der Waals surface area contributed by atoms with E-state index in [1.165, 1.54) is 6.92 Å². The van der Waals surface area contributed by atoms with Crippen LogP contribution in [0.1, 0.15) is 40.5 Å². The molecule has 0 saturated heterocycles. The van der Waals surface area contributed by atoms with E-state index in [1.807, 2.05) is 6.08 Å². The molecule has 0 bridgehead atoms. The highest BCUT2D eigenvalue weighted by atomic mass is 16.7. The molecule has 0 aliphatic carbocycles. The Morgan fingerprint density at radius 3 is 2.61 bits per heavy atom. The van der Waals surface area contributed by atoms with Crippen LogP contribution in [0.15, 0.2) is 23.5 Å². The molecule has 6 nitrogen and oxygen atoms in total. The molecule has 0 aromatic rings. The minimum absolute atomic E-state index is 0.121. The molecule has 0 aromatic carbocycles. The summed E-state index contributed by atoms with van der Waals surface area (Å²) in [6.07, 6.45) is 2.11. The number of rotatable bonds is 5. The molecule has 2 aliphatic heterocycles. The minimum atomic E-state index is -1.91. The van der Waals surface area contributed by atoms with Crippen LogP contribution in [-0.2, 0) is 14.3 Å². The standard InChI is InChI=1S/C17H26O6/c1-5-9(2)8-10(3)6-7-11-13(18)14(19)12-15(22-11)17(4,21)23-16(12)20/h6-7,9-11,13-14,18-19,21H,5,8H2,1-4H3/b7-6-. The minimum Gasteiger partial charge on any atom is -0.480 e. The van der Waals surface area contributed by atoms with Gasteiger partial charge in [-0.1, -0.05) is 33.3 Å². The zero-order valence-corrected chi connectivity index (χ0v) is 14.0. The molecule has 0 spiro atoms. The lowest BCUT2D eigenvalue weighted by atomic mass is 9.92. The zero-order chi connectivity index (χ0) is 17.4. The van der Waals surface area contributed by atoms with Gasteiger partial charge in [-0.3, -0.25) is 0 Å². The molecule has 2 heterocycles. The number of ether oxygens (including phenoxy) is 2. The van der Waals surface area contributed by atoms with Crippen LogP contribution in [0.3, 0.4) is 0 Å². The maximum Gasteiger partial charge on any atom is 0.343 e. The Hall–Kier alpha value is -1.37. The molecule has 130 valence electrons. The molecule has 23 heavy (non-hydrogen) atoms. The smallest absolute Gasteiger partial charge is 0.343 e. The van der Waals surface area contributed by atoms with Gasteiger partial charge < -0.3 is 24.8 Å². The van der Waals surface area contributed by atoms with Crippen LogP contribution in [0.4, 0.5) is 0 Å². The Kier molecular flexibility index (Phi) is 5.18. The van der Waals surface area contributed by atoms with Crippen molar-refractivity contribution in [2.75, 3.05) is 0 Å². The van der Waals surface area contributed by atoms with E-state index >= 15 is 0 Å². The van der Waals surface area contributed by atoms with Crippen molar-refractivity contribution in [1.29, 1.82) is 0 Å². The molecule has 2 rings (SSSR count). The molecule has 3 N–H and O–H groups in total. The van der Waals surface area contributed by atoms with E-state index in [4.69, 9.17) is 9.47 Å². The molecule has 6 atom stereocenters. The molecule has 2 aliphatic rings. The van der Waals surface area contributed by atoms with Gasteiger partial charge in [0.15, 0.2) is 5.76 Å². The van der Waals surface area contributed by atoms with Gasteiger partial charge in [0, 0.05) is 6.92 Å². The average molecular weight is 326 g/mol. The van der Waals surface area contributed by atoms with E-state index in [0.717, 1.165) is 12.8 Å². The average Bonchev–Trinajstić information content (AvgIpc) is 2.70. The fourth-order valence-electron chi connectivity index (χ4n) is 2.94. The number of carbonyl (C=O) groups is 1. The second-order valence-corrected chi connectivity index (χ2v) is 6.74. The lowest BCUT2D eigenvalue weighted by Crippen LogP contribution is -2.45. The van der Waals surface area contributed by atoms with Crippen molar-refractivity contribution in [3.05, 3.63) is 23.5 Å². The molecule has 6 heteroatoms. The third-order valence-electron chi connectivity index (χ3n) is 4.49. The first kappa shape index (κ1) is 18.0. The number of aliphatic hydroxyl groups excluding tert-OH is 2. The van der Waals surface area contributed by atoms with Gasteiger partial charge in [-0.15, -0.1) is 0 Å². The van der Waals surface area contributed by atoms with Crippen molar-refractivity contribution in [1.82, 2.24) is 0 Å². The summed E-state index contributed by atoms with van der Waals surface area (Å²) in [6, 6.07) is 0. The molecule has 0 aromatic heterocycles. The van der Waals surface area contributed by atoms with Crippen LogP contribution in [0.5, 0.6) is 0 Å². The quantitative estimate of drug-likeness (QED) is 0.520. The van der Waals surface area contributed by atoms with Gasteiger partial charge in [0.05, 0.1) is 0 Å². The highest BCUT2D eigenvalue weighted by Gasteiger charge is 2.53. The number of allylic oxidation sites excluding steroid dienone is 1. The third-order valence-corrected chi connectivity index (χ3v) is 4.49. The molecular weight excluding hydrogens is 300 g/mol. The van der Waals surface area contributed by atoms with Crippen LogP contribution in [0.25, 0.3) is 0 Å². The summed E-state index contributed by atoms with van der Waals surface area (Å²) in [6.45, 7) is 7.65. The number of esters is 1. The van der Waals surface area contributed by atoms with Crippen molar-refractivity contribution in [2.45, 2.75) is 64.6 Å². The lowest BCUT2D eigenvalue weighted by Gasteiger charge is -2.32. The first-order chi connectivity index (χ1) is 10.7. The first-order valence-corrected chi connectivity index (χ1v) is 8.08. The fraction of sp³-hybridized carbons (Fsp3) is 0.706. The van der Waals surface area contributed by atoms with Gasteiger partial charge in [-0.2, -0.15) is 0 Å². The van der Waals surface area contributed by atoms with Gasteiger partial charge in [-0.25, -0.2) is 4.79 Å². The Balaban J connectivity index is 2.14. The van der Waals surface area contributed by atoms with Gasteiger partial charge in [0.2, 0.25) is 0 Å². The summed E-state index contributed by atoms with van der Waals surface area (Å²) >= 11 is 0. The molecule has 0 amide bonds. The molecule has 0 fully saturated rings. The monoisotopic (exact) mass is 326 g/mol. The zero-order valence-electron chi connectivity index (χ0n) is 14.0. The molecule has 6 unspecified atom stereocenters. The summed E-state index contributed by atoms with van der Waals surface area (Å²) < 4.78 is 10.3. The molecule has 0 radical (unpaired) electrons. The maximum atomic E-state index is 11.7. The third kappa shape index (κ3) is 3.59. The predicted octanol–water partition coefficient (Wildman–Crippen LogP) is 1.25. The second kappa shape index (κ2) is 6.63. The Labute approximate surface area is 136 Å². The van der Waals surface area contributed by atoms with Crippen LogP contribution < -0.4 is 0 Å². The van der Waals surface area contributed by atoms with Crippen LogP contribution in [-0.4, -0.2) is 45.4 Å². The van der Waals surface area contributed by atoms with Gasteiger partial charge >= 0.3 is 5.97 Å². The van der Waals surface area contributed by atoms with Gasteiger partial charge in [0.25, 0.3) is 5.79 Å². The number of hydrogen-bond acceptors (Lipinski definition) is 6. The Bertz CT molecular complexity index is 521. The van der Waals surface area contributed by atoms with Crippen molar-refractivity contribution in [3.63, 3.8) is 0 Å². The van der Waals surface area contributed by atoms with E-state index < -0.39 is 30.1 Å². The summed E-state index contributed by atoms with van der Waals surface area (Å²) in [5, 5.41) is 30.4. The second-order valence-electron chi connectivity index (χ2n) is 6.74. The summed E-state index contributed by atoms with van der Waals surface area (Å²) in [4.78, 5) is 11.7. The number of aliphatic hydroxyl groups is 3.